The molecule has 5 aromatic rings. The molecule has 1 saturated heterocycles. The second-order valence-electron chi connectivity index (χ2n) is 8.26. The summed E-state index contributed by atoms with van der Waals surface area (Å²) in [6, 6.07) is 22.1. The van der Waals surface area contributed by atoms with E-state index >= 15 is 0 Å². The van der Waals surface area contributed by atoms with Crippen LogP contribution in [0.4, 0.5) is 11.6 Å². The quantitative estimate of drug-likeness (QED) is 0.307. The zero-order chi connectivity index (χ0) is 22.9. The molecule has 8 heteroatoms. The van der Waals surface area contributed by atoms with Crippen molar-refractivity contribution < 1.29 is 9.15 Å². The largest absolute Gasteiger partial charge is 0.461 e. The first-order valence-electron chi connectivity index (χ1n) is 11.3. The SMILES string of the molecule is Cc1cc2cccc(/C=N\Nc3cc(N4CCOCC4)n4nc(-c5ccccc5)cc4n3)c2o1. The van der Waals surface area contributed by atoms with Crippen LogP contribution >= 0.6 is 0 Å². The van der Waals surface area contributed by atoms with Crippen LogP contribution in [0.5, 0.6) is 0 Å². The van der Waals surface area contributed by atoms with E-state index in [2.05, 4.69) is 27.6 Å². The van der Waals surface area contributed by atoms with Crippen LogP contribution in [0.25, 0.3) is 27.9 Å². The molecule has 0 unspecified atom stereocenters. The van der Waals surface area contributed by atoms with E-state index in [1.54, 1.807) is 6.21 Å². The predicted molar refractivity (Wildman–Crippen MR) is 134 cm³/mol. The third kappa shape index (κ3) is 3.88. The van der Waals surface area contributed by atoms with Gasteiger partial charge in [0.1, 0.15) is 17.2 Å². The van der Waals surface area contributed by atoms with Gasteiger partial charge in [-0.1, -0.05) is 42.5 Å². The van der Waals surface area contributed by atoms with Gasteiger partial charge in [0.2, 0.25) is 0 Å². The molecule has 1 aliphatic rings. The summed E-state index contributed by atoms with van der Waals surface area (Å²) in [5.74, 6) is 2.48. The third-order valence-electron chi connectivity index (χ3n) is 5.89. The minimum Gasteiger partial charge on any atom is -0.461 e. The number of benzene rings is 2. The molecule has 1 N–H and O–H groups in total. The van der Waals surface area contributed by atoms with Crippen molar-refractivity contribution in [3.05, 3.63) is 78.1 Å². The van der Waals surface area contributed by atoms with E-state index in [0.29, 0.717) is 19.0 Å². The molecule has 0 spiro atoms. The van der Waals surface area contributed by atoms with Crippen LogP contribution in [0.15, 0.2) is 76.2 Å². The molecular weight excluding hydrogens is 428 g/mol. The average molecular weight is 453 g/mol. The topological polar surface area (TPSA) is 80.2 Å². The van der Waals surface area contributed by atoms with E-state index in [9.17, 15) is 0 Å². The summed E-state index contributed by atoms with van der Waals surface area (Å²) in [7, 11) is 0. The van der Waals surface area contributed by atoms with Crippen LogP contribution in [-0.2, 0) is 4.74 Å². The molecule has 4 heterocycles. The fourth-order valence-corrected chi connectivity index (χ4v) is 4.27. The Morgan fingerprint density at radius 1 is 1.00 bits per heavy atom. The van der Waals surface area contributed by atoms with Crippen molar-refractivity contribution in [3.63, 3.8) is 0 Å². The molecule has 1 aliphatic heterocycles. The van der Waals surface area contributed by atoms with Gasteiger partial charge in [0.15, 0.2) is 11.5 Å². The number of aryl methyl sites for hydroxylation is 1. The Labute approximate surface area is 196 Å². The van der Waals surface area contributed by atoms with Crippen LogP contribution < -0.4 is 10.3 Å². The van der Waals surface area contributed by atoms with Crippen molar-refractivity contribution in [1.29, 1.82) is 0 Å². The van der Waals surface area contributed by atoms with Crippen LogP contribution in [0.1, 0.15) is 11.3 Å². The van der Waals surface area contributed by atoms with Gasteiger partial charge in [0.05, 0.1) is 25.1 Å². The Hall–Kier alpha value is -4.17. The lowest BCUT2D eigenvalue weighted by Crippen LogP contribution is -2.37. The number of fused-ring (bicyclic) bond motifs is 2. The number of nitrogens with zero attached hydrogens (tertiary/aromatic N) is 5. The van der Waals surface area contributed by atoms with Crippen molar-refractivity contribution in [2.75, 3.05) is 36.6 Å². The maximum absolute atomic E-state index is 5.84. The number of para-hydroxylation sites is 1. The Kier molecular flexibility index (Phi) is 5.20. The van der Waals surface area contributed by atoms with Crippen molar-refractivity contribution >= 4 is 34.5 Å². The normalized spacial score (nSPS) is 14.4. The summed E-state index contributed by atoms with van der Waals surface area (Å²) in [4.78, 5) is 7.03. The number of furan rings is 1. The molecule has 2 aromatic carbocycles. The Balaban J connectivity index is 1.36. The van der Waals surface area contributed by atoms with Gasteiger partial charge in [-0.25, -0.2) is 4.98 Å². The highest BCUT2D eigenvalue weighted by Crippen LogP contribution is 2.26. The first-order chi connectivity index (χ1) is 16.7. The molecule has 0 saturated carbocycles. The third-order valence-corrected chi connectivity index (χ3v) is 5.89. The molecule has 0 amide bonds. The molecule has 0 aliphatic carbocycles. The number of anilines is 2. The number of rotatable bonds is 5. The number of nitrogens with one attached hydrogen (secondary N) is 1. The number of hydrogen-bond acceptors (Lipinski definition) is 7. The highest BCUT2D eigenvalue weighted by Gasteiger charge is 2.18. The molecule has 3 aromatic heterocycles. The molecule has 0 radical (unpaired) electrons. The van der Waals surface area contributed by atoms with E-state index in [1.165, 1.54) is 0 Å². The van der Waals surface area contributed by atoms with Crippen LogP contribution in [0.2, 0.25) is 0 Å². The van der Waals surface area contributed by atoms with E-state index in [4.69, 9.17) is 19.2 Å². The lowest BCUT2D eigenvalue weighted by Gasteiger charge is -2.29. The van der Waals surface area contributed by atoms with E-state index in [0.717, 1.165) is 58.1 Å². The maximum atomic E-state index is 5.84. The summed E-state index contributed by atoms with van der Waals surface area (Å²) in [5.41, 5.74) is 7.52. The van der Waals surface area contributed by atoms with E-state index in [1.807, 2.05) is 66.0 Å². The number of hydrazone groups is 1. The fraction of sp³-hybridized carbons (Fsp3) is 0.192. The lowest BCUT2D eigenvalue weighted by molar-refractivity contribution is 0.122. The number of hydrogen-bond donors (Lipinski definition) is 1. The van der Waals surface area contributed by atoms with Gasteiger partial charge in [-0.05, 0) is 19.1 Å². The number of aromatic nitrogens is 3. The highest BCUT2D eigenvalue weighted by atomic mass is 16.5. The second-order valence-corrected chi connectivity index (χ2v) is 8.26. The van der Waals surface area contributed by atoms with Crippen molar-refractivity contribution in [1.82, 2.24) is 14.6 Å². The number of ether oxygens (including phenoxy) is 1. The van der Waals surface area contributed by atoms with E-state index < -0.39 is 0 Å². The molecule has 8 nitrogen and oxygen atoms in total. The molecule has 6 rings (SSSR count). The minimum atomic E-state index is 0.646. The molecule has 0 atom stereocenters. The van der Waals surface area contributed by atoms with Crippen LogP contribution in [-0.4, -0.2) is 47.1 Å². The first-order valence-corrected chi connectivity index (χ1v) is 11.3. The van der Waals surface area contributed by atoms with Gasteiger partial charge in [-0.2, -0.15) is 14.7 Å². The van der Waals surface area contributed by atoms with Gasteiger partial charge in [-0.15, -0.1) is 0 Å². The second kappa shape index (κ2) is 8.64. The highest BCUT2D eigenvalue weighted by molar-refractivity contribution is 5.97. The maximum Gasteiger partial charge on any atom is 0.160 e. The summed E-state index contributed by atoms with van der Waals surface area (Å²) in [6.07, 6.45) is 1.76. The Morgan fingerprint density at radius 2 is 1.85 bits per heavy atom. The standard InChI is InChI=1S/C26H24N6O2/c1-18-14-20-8-5-9-21(26(20)34-18)17-27-29-23-16-25(31-10-12-33-13-11-31)32-24(28-23)15-22(30-32)19-6-3-2-4-7-19/h2-9,14-17H,10-13H2,1H3,(H,28,29)/b27-17-. The van der Waals surface area contributed by atoms with Gasteiger partial charge >= 0.3 is 0 Å². The lowest BCUT2D eigenvalue weighted by atomic mass is 10.2. The Morgan fingerprint density at radius 3 is 2.71 bits per heavy atom. The fourth-order valence-electron chi connectivity index (χ4n) is 4.27. The number of morpholine rings is 1. The smallest absolute Gasteiger partial charge is 0.160 e. The summed E-state index contributed by atoms with van der Waals surface area (Å²) in [5, 5.41) is 10.4. The first kappa shape index (κ1) is 20.4. The monoisotopic (exact) mass is 452 g/mol. The van der Waals surface area contributed by atoms with Gasteiger partial charge in [0, 0.05) is 41.7 Å². The summed E-state index contributed by atoms with van der Waals surface area (Å²) >= 11 is 0. The van der Waals surface area contributed by atoms with Crippen LogP contribution in [0, 0.1) is 6.92 Å². The van der Waals surface area contributed by atoms with Gasteiger partial charge < -0.3 is 14.1 Å². The zero-order valence-corrected chi connectivity index (χ0v) is 18.8. The predicted octanol–water partition coefficient (Wildman–Crippen LogP) is 4.73. The van der Waals surface area contributed by atoms with E-state index in [-0.39, 0.29) is 0 Å². The molecular formula is C26H24N6O2. The zero-order valence-electron chi connectivity index (χ0n) is 18.8. The van der Waals surface area contributed by atoms with Crippen LogP contribution in [0.3, 0.4) is 0 Å². The molecule has 0 bridgehead atoms. The Bertz CT molecular complexity index is 1480. The van der Waals surface area contributed by atoms with Crippen molar-refractivity contribution in [3.8, 4) is 11.3 Å². The van der Waals surface area contributed by atoms with Gasteiger partial charge in [-0.3, -0.25) is 5.43 Å². The molecule has 34 heavy (non-hydrogen) atoms. The average Bonchev–Trinajstić information content (AvgIpc) is 3.48. The minimum absolute atomic E-state index is 0.646. The molecule has 1 fully saturated rings. The van der Waals surface area contributed by atoms with Gasteiger partial charge in [0.25, 0.3) is 0 Å². The summed E-state index contributed by atoms with van der Waals surface area (Å²) < 4.78 is 13.3. The summed E-state index contributed by atoms with van der Waals surface area (Å²) in [6.45, 7) is 4.90. The van der Waals surface area contributed by atoms with Crippen molar-refractivity contribution in [2.45, 2.75) is 6.92 Å². The van der Waals surface area contributed by atoms with Crippen molar-refractivity contribution in [2.24, 2.45) is 5.10 Å². The molecule has 170 valence electrons.